The summed E-state index contributed by atoms with van der Waals surface area (Å²) in [6, 6.07) is 7.40. The van der Waals surface area contributed by atoms with Crippen molar-refractivity contribution in [3.05, 3.63) is 41.9 Å². The molecule has 0 radical (unpaired) electrons. The molecule has 1 saturated heterocycles. The van der Waals surface area contributed by atoms with Gasteiger partial charge in [0, 0.05) is 43.8 Å². The highest BCUT2D eigenvalue weighted by Crippen LogP contribution is 2.41. The molecule has 1 spiro atoms. The highest BCUT2D eigenvalue weighted by atomic mass is 16.5. The molecule has 6 nitrogen and oxygen atoms in total. The van der Waals surface area contributed by atoms with Crippen molar-refractivity contribution >= 4 is 11.6 Å². The molecule has 0 atom stereocenters. The second-order valence-corrected chi connectivity index (χ2v) is 6.75. The van der Waals surface area contributed by atoms with Gasteiger partial charge in [0.2, 0.25) is 0 Å². The quantitative estimate of drug-likeness (QED) is 0.838. The number of ketones is 1. The van der Waals surface area contributed by atoms with E-state index in [9.17, 15) is 4.79 Å². The Balaban J connectivity index is 1.54. The maximum Gasteiger partial charge on any atom is 0.170 e. The Hall–Kier alpha value is -2.63. The van der Waals surface area contributed by atoms with Gasteiger partial charge in [-0.3, -0.25) is 4.79 Å². The normalized spacial score (nSPS) is 18.6. The summed E-state index contributed by atoms with van der Waals surface area (Å²) in [5, 5.41) is 0. The number of benzene rings is 1. The van der Waals surface area contributed by atoms with Gasteiger partial charge < -0.3 is 14.4 Å². The lowest BCUT2D eigenvalue weighted by Crippen LogP contribution is -2.51. The molecule has 2 aromatic rings. The van der Waals surface area contributed by atoms with E-state index < -0.39 is 5.60 Å². The van der Waals surface area contributed by atoms with E-state index >= 15 is 0 Å². The van der Waals surface area contributed by atoms with Crippen molar-refractivity contribution in [3.8, 4) is 11.5 Å². The Morgan fingerprint density at radius 2 is 2.00 bits per heavy atom. The Morgan fingerprint density at radius 3 is 2.72 bits per heavy atom. The number of carbonyl (C=O) groups excluding carboxylic acids is 1. The first kappa shape index (κ1) is 15.9. The SMILES string of the molecule is COc1ccc2c(c1)OC1(CCN(c3cc(C)ncn3)CC1)CC2=O. The topological polar surface area (TPSA) is 64.6 Å². The Labute approximate surface area is 146 Å². The van der Waals surface area contributed by atoms with Crippen molar-refractivity contribution in [2.75, 3.05) is 25.1 Å². The van der Waals surface area contributed by atoms with Gasteiger partial charge >= 0.3 is 0 Å². The predicted octanol–water partition coefficient (Wildman–Crippen LogP) is 2.80. The number of fused-ring (bicyclic) bond motifs is 1. The fourth-order valence-corrected chi connectivity index (χ4v) is 3.64. The molecule has 4 rings (SSSR count). The molecule has 1 aromatic heterocycles. The molecule has 0 unspecified atom stereocenters. The molecule has 3 heterocycles. The minimum atomic E-state index is -0.422. The van der Waals surface area contributed by atoms with Crippen molar-refractivity contribution in [3.63, 3.8) is 0 Å². The summed E-state index contributed by atoms with van der Waals surface area (Å²) in [6.07, 6.45) is 3.61. The molecule has 2 aliphatic rings. The van der Waals surface area contributed by atoms with Crippen molar-refractivity contribution in [2.45, 2.75) is 31.8 Å². The van der Waals surface area contributed by atoms with Crippen LogP contribution in [0.15, 0.2) is 30.6 Å². The molecule has 2 aliphatic heterocycles. The van der Waals surface area contributed by atoms with E-state index in [0.717, 1.165) is 37.4 Å². The molecule has 0 amide bonds. The van der Waals surface area contributed by atoms with E-state index in [2.05, 4.69) is 14.9 Å². The molecular formula is C19H21N3O3. The lowest BCUT2D eigenvalue weighted by atomic mass is 9.82. The van der Waals surface area contributed by atoms with Gasteiger partial charge in [-0.1, -0.05) is 0 Å². The summed E-state index contributed by atoms with van der Waals surface area (Å²) in [7, 11) is 1.62. The Morgan fingerprint density at radius 1 is 1.20 bits per heavy atom. The van der Waals surface area contributed by atoms with Gasteiger partial charge in [0.15, 0.2) is 5.78 Å². The van der Waals surface area contributed by atoms with Crippen LogP contribution in [0, 0.1) is 6.92 Å². The molecule has 0 aliphatic carbocycles. The fraction of sp³-hybridized carbons (Fsp3) is 0.421. The number of aryl methyl sites for hydroxylation is 1. The van der Waals surface area contributed by atoms with Crippen LogP contribution < -0.4 is 14.4 Å². The number of aromatic nitrogens is 2. The average Bonchev–Trinajstić information content (AvgIpc) is 2.61. The zero-order valence-electron chi connectivity index (χ0n) is 14.5. The predicted molar refractivity (Wildman–Crippen MR) is 93.5 cm³/mol. The fourth-order valence-electron chi connectivity index (χ4n) is 3.64. The van der Waals surface area contributed by atoms with Crippen LogP contribution in [0.5, 0.6) is 11.5 Å². The van der Waals surface area contributed by atoms with E-state index in [-0.39, 0.29) is 5.78 Å². The third-order valence-corrected chi connectivity index (χ3v) is 5.09. The first-order valence-electron chi connectivity index (χ1n) is 8.52. The number of nitrogens with zero attached hydrogens (tertiary/aromatic N) is 3. The van der Waals surface area contributed by atoms with Crippen molar-refractivity contribution in [2.24, 2.45) is 0 Å². The van der Waals surface area contributed by atoms with Crippen LogP contribution in [-0.4, -0.2) is 41.6 Å². The lowest BCUT2D eigenvalue weighted by molar-refractivity contribution is 0.0229. The molecule has 25 heavy (non-hydrogen) atoms. The van der Waals surface area contributed by atoms with E-state index in [1.54, 1.807) is 25.6 Å². The highest BCUT2D eigenvalue weighted by Gasteiger charge is 2.43. The summed E-state index contributed by atoms with van der Waals surface area (Å²) in [5.41, 5.74) is 1.19. The van der Waals surface area contributed by atoms with Crippen LogP contribution in [0.4, 0.5) is 5.82 Å². The van der Waals surface area contributed by atoms with Gasteiger partial charge in [0.25, 0.3) is 0 Å². The number of rotatable bonds is 2. The average molecular weight is 339 g/mol. The van der Waals surface area contributed by atoms with Crippen molar-refractivity contribution in [1.82, 2.24) is 9.97 Å². The molecule has 1 fully saturated rings. The van der Waals surface area contributed by atoms with E-state index in [4.69, 9.17) is 9.47 Å². The Bertz CT molecular complexity index is 813. The number of hydrogen-bond acceptors (Lipinski definition) is 6. The summed E-state index contributed by atoms with van der Waals surface area (Å²) < 4.78 is 11.6. The Kier molecular flexibility index (Phi) is 3.82. The first-order valence-corrected chi connectivity index (χ1v) is 8.52. The second kappa shape index (κ2) is 6.02. The standard InChI is InChI=1S/C19H21N3O3/c1-13-9-18(21-12-20-13)22-7-5-19(6-8-22)11-16(23)15-4-3-14(24-2)10-17(15)25-19/h3-4,9-10,12H,5-8,11H2,1-2H3. The molecule has 130 valence electrons. The third kappa shape index (κ3) is 2.92. The first-order chi connectivity index (χ1) is 12.1. The van der Waals surface area contributed by atoms with Crippen LogP contribution >= 0.6 is 0 Å². The number of ether oxygens (including phenoxy) is 2. The summed E-state index contributed by atoms with van der Waals surface area (Å²) in [6.45, 7) is 3.58. The van der Waals surface area contributed by atoms with Gasteiger partial charge in [-0.25, -0.2) is 9.97 Å². The van der Waals surface area contributed by atoms with Crippen LogP contribution in [-0.2, 0) is 0 Å². The van der Waals surface area contributed by atoms with E-state index in [1.165, 1.54) is 0 Å². The van der Waals surface area contributed by atoms with Gasteiger partial charge in [-0.2, -0.15) is 0 Å². The van der Waals surface area contributed by atoms with Crippen molar-refractivity contribution < 1.29 is 14.3 Å². The number of methoxy groups -OCH3 is 1. The second-order valence-electron chi connectivity index (χ2n) is 6.75. The third-order valence-electron chi connectivity index (χ3n) is 5.09. The zero-order chi connectivity index (χ0) is 17.4. The monoisotopic (exact) mass is 339 g/mol. The molecular weight excluding hydrogens is 318 g/mol. The summed E-state index contributed by atoms with van der Waals surface area (Å²) in [4.78, 5) is 23.3. The smallest absolute Gasteiger partial charge is 0.170 e. The van der Waals surface area contributed by atoms with Gasteiger partial charge in [-0.05, 0) is 19.1 Å². The summed E-state index contributed by atoms with van der Waals surface area (Å²) >= 11 is 0. The zero-order valence-corrected chi connectivity index (χ0v) is 14.5. The molecule has 0 N–H and O–H groups in total. The molecule has 6 heteroatoms. The number of anilines is 1. The van der Waals surface area contributed by atoms with Gasteiger partial charge in [0.1, 0.15) is 29.2 Å². The molecule has 0 bridgehead atoms. The van der Waals surface area contributed by atoms with Crippen LogP contribution in [0.25, 0.3) is 0 Å². The largest absolute Gasteiger partial charge is 0.497 e. The molecule has 0 saturated carbocycles. The highest BCUT2D eigenvalue weighted by molar-refractivity contribution is 6.00. The number of hydrogen-bond donors (Lipinski definition) is 0. The molecule has 1 aromatic carbocycles. The lowest BCUT2D eigenvalue weighted by Gasteiger charge is -2.44. The minimum absolute atomic E-state index is 0.148. The van der Waals surface area contributed by atoms with E-state index in [0.29, 0.717) is 23.5 Å². The number of Topliss-reactive ketones (excluding diaryl/α,β-unsaturated/α-hetero) is 1. The minimum Gasteiger partial charge on any atom is -0.497 e. The van der Waals surface area contributed by atoms with Crippen LogP contribution in [0.3, 0.4) is 0 Å². The number of carbonyl (C=O) groups is 1. The van der Waals surface area contributed by atoms with Gasteiger partial charge in [-0.15, -0.1) is 0 Å². The van der Waals surface area contributed by atoms with Crippen molar-refractivity contribution in [1.29, 1.82) is 0 Å². The van der Waals surface area contributed by atoms with E-state index in [1.807, 2.05) is 19.1 Å². The maximum absolute atomic E-state index is 12.6. The van der Waals surface area contributed by atoms with Crippen LogP contribution in [0.2, 0.25) is 0 Å². The summed E-state index contributed by atoms with van der Waals surface area (Å²) in [5.74, 6) is 2.43. The van der Waals surface area contributed by atoms with Gasteiger partial charge in [0.05, 0.1) is 19.1 Å². The number of piperidine rings is 1. The van der Waals surface area contributed by atoms with Crippen LogP contribution in [0.1, 0.15) is 35.3 Å². The maximum atomic E-state index is 12.6.